The van der Waals surface area contributed by atoms with Crippen molar-refractivity contribution in [3.8, 4) is 5.75 Å². The van der Waals surface area contributed by atoms with Crippen molar-refractivity contribution < 1.29 is 9.47 Å². The molecule has 5 nitrogen and oxygen atoms in total. The Morgan fingerprint density at radius 1 is 1.25 bits per heavy atom. The third kappa shape index (κ3) is 4.58. The predicted molar refractivity (Wildman–Crippen MR) is 94.0 cm³/mol. The van der Waals surface area contributed by atoms with E-state index in [-0.39, 0.29) is 0 Å². The van der Waals surface area contributed by atoms with E-state index < -0.39 is 0 Å². The van der Waals surface area contributed by atoms with Crippen LogP contribution in [-0.2, 0) is 24.4 Å². The minimum atomic E-state index is 0.344. The molecule has 0 unspecified atom stereocenters. The fraction of sp³-hybridized carbons (Fsp3) is 0.526. The average Bonchev–Trinajstić information content (AvgIpc) is 3.27. The number of benzene rings is 1. The van der Waals surface area contributed by atoms with E-state index in [1.54, 1.807) is 7.11 Å². The smallest absolute Gasteiger partial charge is 0.118 e. The first-order valence-electron chi connectivity index (χ1n) is 8.76. The summed E-state index contributed by atoms with van der Waals surface area (Å²) in [5, 5.41) is 4.63. The second kappa shape index (κ2) is 8.31. The molecule has 0 spiro atoms. The quantitative estimate of drug-likeness (QED) is 0.746. The molecule has 1 saturated heterocycles. The fourth-order valence-electron chi connectivity index (χ4n) is 3.14. The Labute approximate surface area is 144 Å². The van der Waals surface area contributed by atoms with E-state index in [0.717, 1.165) is 50.7 Å². The van der Waals surface area contributed by atoms with Gasteiger partial charge in [-0.15, -0.1) is 0 Å². The van der Waals surface area contributed by atoms with Crippen LogP contribution in [0.15, 0.2) is 36.5 Å². The standard InChI is InChI=1S/C19H27N3O2/c1-3-22-11-10-17(20-22)14-21(15-19-5-4-12-24-19)13-16-6-8-18(23-2)9-7-16/h6-11,19H,3-5,12-15H2,1-2H3/t19-/m1/s1. The number of rotatable bonds is 8. The normalized spacial score (nSPS) is 17.5. The molecule has 1 fully saturated rings. The molecule has 3 rings (SSSR count). The van der Waals surface area contributed by atoms with Gasteiger partial charge in [0.05, 0.1) is 18.9 Å². The summed E-state index contributed by atoms with van der Waals surface area (Å²) in [4.78, 5) is 2.43. The molecule has 1 atom stereocenters. The van der Waals surface area contributed by atoms with Crippen LogP contribution in [0.25, 0.3) is 0 Å². The van der Waals surface area contributed by atoms with Crippen LogP contribution >= 0.6 is 0 Å². The molecule has 0 saturated carbocycles. The highest BCUT2D eigenvalue weighted by Crippen LogP contribution is 2.18. The Morgan fingerprint density at radius 2 is 2.08 bits per heavy atom. The van der Waals surface area contributed by atoms with Crippen LogP contribution in [-0.4, -0.2) is 41.0 Å². The second-order valence-electron chi connectivity index (χ2n) is 6.32. The predicted octanol–water partition coefficient (Wildman–Crippen LogP) is 3.09. The molecule has 0 radical (unpaired) electrons. The molecular formula is C19H27N3O2. The van der Waals surface area contributed by atoms with Crippen molar-refractivity contribution in [2.45, 2.75) is 45.5 Å². The zero-order chi connectivity index (χ0) is 16.8. The van der Waals surface area contributed by atoms with Crippen LogP contribution in [0.1, 0.15) is 31.0 Å². The zero-order valence-electron chi connectivity index (χ0n) is 14.6. The van der Waals surface area contributed by atoms with Gasteiger partial charge in [0.2, 0.25) is 0 Å². The lowest BCUT2D eigenvalue weighted by molar-refractivity contribution is 0.0674. The van der Waals surface area contributed by atoms with Crippen LogP contribution in [0.3, 0.4) is 0 Å². The summed E-state index contributed by atoms with van der Waals surface area (Å²) >= 11 is 0. The molecule has 0 bridgehead atoms. The largest absolute Gasteiger partial charge is 0.497 e. The number of aryl methyl sites for hydroxylation is 1. The molecule has 2 aromatic rings. The summed E-state index contributed by atoms with van der Waals surface area (Å²) in [6.45, 7) is 6.60. The van der Waals surface area contributed by atoms with Crippen molar-refractivity contribution in [1.29, 1.82) is 0 Å². The number of hydrogen-bond acceptors (Lipinski definition) is 4. The first-order valence-corrected chi connectivity index (χ1v) is 8.76. The summed E-state index contributed by atoms with van der Waals surface area (Å²) in [7, 11) is 1.70. The highest BCUT2D eigenvalue weighted by atomic mass is 16.5. The minimum absolute atomic E-state index is 0.344. The maximum Gasteiger partial charge on any atom is 0.118 e. The SMILES string of the molecule is CCn1ccc(CN(Cc2ccc(OC)cc2)C[C@H]2CCCO2)n1. The highest BCUT2D eigenvalue weighted by molar-refractivity contribution is 5.27. The molecule has 0 amide bonds. The van der Waals surface area contributed by atoms with Crippen LogP contribution in [0.5, 0.6) is 5.75 Å². The Bertz CT molecular complexity index is 618. The number of aromatic nitrogens is 2. The molecule has 130 valence electrons. The third-order valence-electron chi connectivity index (χ3n) is 4.46. The maximum atomic E-state index is 5.83. The zero-order valence-corrected chi connectivity index (χ0v) is 14.6. The van der Waals surface area contributed by atoms with E-state index in [9.17, 15) is 0 Å². The van der Waals surface area contributed by atoms with Crippen molar-refractivity contribution in [3.63, 3.8) is 0 Å². The molecule has 24 heavy (non-hydrogen) atoms. The Balaban J connectivity index is 1.67. The molecule has 5 heteroatoms. The summed E-state index contributed by atoms with van der Waals surface area (Å²) < 4.78 is 13.1. The second-order valence-corrected chi connectivity index (χ2v) is 6.32. The van der Waals surface area contributed by atoms with Gasteiger partial charge in [-0.2, -0.15) is 5.10 Å². The molecule has 1 aromatic carbocycles. The third-order valence-corrected chi connectivity index (χ3v) is 4.46. The van der Waals surface area contributed by atoms with Gasteiger partial charge in [0.1, 0.15) is 5.75 Å². The van der Waals surface area contributed by atoms with Gasteiger partial charge in [0.15, 0.2) is 0 Å². The van der Waals surface area contributed by atoms with Crippen molar-refractivity contribution in [1.82, 2.24) is 14.7 Å². The van der Waals surface area contributed by atoms with E-state index in [1.807, 2.05) is 23.0 Å². The summed E-state index contributed by atoms with van der Waals surface area (Å²) in [6, 6.07) is 10.4. The van der Waals surface area contributed by atoms with Crippen LogP contribution < -0.4 is 4.74 Å². The van der Waals surface area contributed by atoms with Gasteiger partial charge in [0, 0.05) is 39.0 Å². The minimum Gasteiger partial charge on any atom is -0.497 e. The maximum absolute atomic E-state index is 5.83. The van der Waals surface area contributed by atoms with Gasteiger partial charge in [0.25, 0.3) is 0 Å². The first kappa shape index (κ1) is 17.0. The lowest BCUT2D eigenvalue weighted by Crippen LogP contribution is -2.31. The summed E-state index contributed by atoms with van der Waals surface area (Å²) in [5.74, 6) is 0.895. The lowest BCUT2D eigenvalue weighted by Gasteiger charge is -2.24. The van der Waals surface area contributed by atoms with Crippen molar-refractivity contribution in [2.75, 3.05) is 20.3 Å². The molecule has 1 aliphatic rings. The number of nitrogens with zero attached hydrogens (tertiary/aromatic N) is 3. The number of ether oxygens (including phenoxy) is 2. The van der Waals surface area contributed by atoms with Crippen LogP contribution in [0.2, 0.25) is 0 Å². The van der Waals surface area contributed by atoms with E-state index in [2.05, 4.69) is 35.1 Å². The monoisotopic (exact) mass is 329 g/mol. The summed E-state index contributed by atoms with van der Waals surface area (Å²) in [6.07, 6.45) is 4.72. The Kier molecular flexibility index (Phi) is 5.88. The molecule has 1 aliphatic heterocycles. The number of methoxy groups -OCH3 is 1. The van der Waals surface area contributed by atoms with E-state index in [1.165, 1.54) is 12.0 Å². The highest BCUT2D eigenvalue weighted by Gasteiger charge is 2.20. The molecule has 0 aliphatic carbocycles. The van der Waals surface area contributed by atoms with Gasteiger partial charge in [-0.25, -0.2) is 0 Å². The van der Waals surface area contributed by atoms with Gasteiger partial charge >= 0.3 is 0 Å². The molecular weight excluding hydrogens is 302 g/mol. The molecule has 2 heterocycles. The van der Waals surface area contributed by atoms with Crippen molar-refractivity contribution in [2.24, 2.45) is 0 Å². The lowest BCUT2D eigenvalue weighted by atomic mass is 10.1. The van der Waals surface area contributed by atoms with Crippen LogP contribution in [0, 0.1) is 0 Å². The van der Waals surface area contributed by atoms with E-state index in [4.69, 9.17) is 9.47 Å². The number of hydrogen-bond donors (Lipinski definition) is 0. The van der Waals surface area contributed by atoms with E-state index in [0.29, 0.717) is 6.10 Å². The topological polar surface area (TPSA) is 39.5 Å². The van der Waals surface area contributed by atoms with Gasteiger partial charge < -0.3 is 9.47 Å². The van der Waals surface area contributed by atoms with Crippen LogP contribution in [0.4, 0.5) is 0 Å². The van der Waals surface area contributed by atoms with Gasteiger partial charge in [-0.05, 0) is 43.5 Å². The Morgan fingerprint density at radius 3 is 2.71 bits per heavy atom. The van der Waals surface area contributed by atoms with E-state index >= 15 is 0 Å². The van der Waals surface area contributed by atoms with Gasteiger partial charge in [-0.3, -0.25) is 9.58 Å². The van der Waals surface area contributed by atoms with Crippen molar-refractivity contribution in [3.05, 3.63) is 47.8 Å². The van der Waals surface area contributed by atoms with Crippen molar-refractivity contribution >= 4 is 0 Å². The Hall–Kier alpha value is -1.85. The fourth-order valence-corrected chi connectivity index (χ4v) is 3.14. The van der Waals surface area contributed by atoms with Gasteiger partial charge in [-0.1, -0.05) is 12.1 Å². The molecule has 1 aromatic heterocycles. The molecule has 0 N–H and O–H groups in total. The average molecular weight is 329 g/mol. The summed E-state index contributed by atoms with van der Waals surface area (Å²) in [5.41, 5.74) is 2.40. The first-order chi connectivity index (χ1) is 11.8.